The Morgan fingerprint density at radius 1 is 1.43 bits per heavy atom. The molecule has 5 nitrogen and oxygen atoms in total. The third-order valence-electron chi connectivity index (χ3n) is 2.58. The maximum absolute atomic E-state index is 11.7. The molecule has 0 heterocycles. The largest absolute Gasteiger partial charge is 0.444 e. The highest BCUT2D eigenvalue weighted by Crippen LogP contribution is 2.20. The number of amides is 1. The Bertz CT molecular complexity index is 486. The second kappa shape index (κ2) is 7.52. The van der Waals surface area contributed by atoms with Crippen molar-refractivity contribution in [3.8, 4) is 0 Å². The molecule has 1 rings (SSSR count). The van der Waals surface area contributed by atoms with Gasteiger partial charge in [-0.25, -0.2) is 4.79 Å². The molecule has 0 aliphatic heterocycles. The number of halogens is 1. The van der Waals surface area contributed by atoms with Gasteiger partial charge in [0.25, 0.3) is 0 Å². The fourth-order valence-corrected chi connectivity index (χ4v) is 1.73. The summed E-state index contributed by atoms with van der Waals surface area (Å²) in [6.07, 6.45) is -1.07. The summed E-state index contributed by atoms with van der Waals surface area (Å²) in [4.78, 5) is 11.7. The SMILES string of the molecule is Cc1cc(NCC(O)CCl)ccc1NC(=O)OC(C)(C)C. The van der Waals surface area contributed by atoms with Crippen LogP contribution < -0.4 is 10.6 Å². The van der Waals surface area contributed by atoms with Gasteiger partial charge in [0.15, 0.2) is 0 Å². The fourth-order valence-electron chi connectivity index (χ4n) is 1.62. The maximum atomic E-state index is 11.7. The van der Waals surface area contributed by atoms with Crippen molar-refractivity contribution in [2.45, 2.75) is 39.4 Å². The van der Waals surface area contributed by atoms with Crippen molar-refractivity contribution >= 4 is 29.1 Å². The summed E-state index contributed by atoms with van der Waals surface area (Å²) in [7, 11) is 0. The molecule has 0 aromatic heterocycles. The minimum atomic E-state index is -0.591. The topological polar surface area (TPSA) is 70.6 Å². The Hall–Kier alpha value is -1.46. The van der Waals surface area contributed by atoms with E-state index in [0.29, 0.717) is 12.2 Å². The zero-order valence-corrected chi connectivity index (χ0v) is 13.6. The molecule has 0 saturated heterocycles. The smallest absolute Gasteiger partial charge is 0.412 e. The van der Waals surface area contributed by atoms with Crippen LogP contribution in [0, 0.1) is 6.92 Å². The van der Waals surface area contributed by atoms with Crippen molar-refractivity contribution in [3.63, 3.8) is 0 Å². The molecule has 1 atom stereocenters. The van der Waals surface area contributed by atoms with Gasteiger partial charge in [-0.3, -0.25) is 5.32 Å². The number of ether oxygens (including phenoxy) is 1. The van der Waals surface area contributed by atoms with E-state index in [1.165, 1.54) is 0 Å². The van der Waals surface area contributed by atoms with E-state index < -0.39 is 17.8 Å². The van der Waals surface area contributed by atoms with Crippen LogP contribution in [0.5, 0.6) is 0 Å². The highest BCUT2D eigenvalue weighted by atomic mass is 35.5. The third kappa shape index (κ3) is 6.69. The number of alkyl halides is 1. The molecule has 6 heteroatoms. The summed E-state index contributed by atoms with van der Waals surface area (Å²) in [5.41, 5.74) is 1.90. The standard InChI is InChI=1S/C15H23ClN2O3/c1-10-7-11(17-9-12(19)8-16)5-6-13(10)18-14(20)21-15(2,3)4/h5-7,12,17,19H,8-9H2,1-4H3,(H,18,20). The highest BCUT2D eigenvalue weighted by molar-refractivity contribution is 6.18. The van der Waals surface area contributed by atoms with Crippen LogP contribution in [0.4, 0.5) is 16.2 Å². The van der Waals surface area contributed by atoms with Crippen LogP contribution in [-0.4, -0.2) is 35.3 Å². The Kier molecular flexibility index (Phi) is 6.30. The fraction of sp³-hybridized carbons (Fsp3) is 0.533. The lowest BCUT2D eigenvalue weighted by molar-refractivity contribution is 0.0636. The second-order valence-electron chi connectivity index (χ2n) is 5.85. The molecule has 118 valence electrons. The van der Waals surface area contributed by atoms with Gasteiger partial charge in [-0.05, 0) is 51.5 Å². The van der Waals surface area contributed by atoms with Crippen LogP contribution in [0.25, 0.3) is 0 Å². The summed E-state index contributed by atoms with van der Waals surface area (Å²) in [6.45, 7) is 7.70. The van der Waals surface area contributed by atoms with Crippen molar-refractivity contribution in [1.82, 2.24) is 0 Å². The first-order chi connectivity index (χ1) is 9.71. The van der Waals surface area contributed by atoms with Crippen molar-refractivity contribution in [2.24, 2.45) is 0 Å². The number of aryl methyl sites for hydroxylation is 1. The van der Waals surface area contributed by atoms with E-state index in [2.05, 4.69) is 10.6 Å². The molecule has 21 heavy (non-hydrogen) atoms. The Morgan fingerprint density at radius 3 is 2.62 bits per heavy atom. The van der Waals surface area contributed by atoms with Crippen molar-refractivity contribution < 1.29 is 14.6 Å². The lowest BCUT2D eigenvalue weighted by Crippen LogP contribution is -2.27. The zero-order valence-electron chi connectivity index (χ0n) is 12.9. The van der Waals surface area contributed by atoms with E-state index in [4.69, 9.17) is 16.3 Å². The summed E-state index contributed by atoms with van der Waals surface area (Å²) in [5, 5.41) is 15.2. The molecule has 3 N–H and O–H groups in total. The van der Waals surface area contributed by atoms with Crippen LogP contribution in [0.15, 0.2) is 18.2 Å². The van der Waals surface area contributed by atoms with Gasteiger partial charge in [0.1, 0.15) is 5.60 Å². The first-order valence-electron chi connectivity index (χ1n) is 6.80. The minimum absolute atomic E-state index is 0.185. The third-order valence-corrected chi connectivity index (χ3v) is 2.94. The quantitative estimate of drug-likeness (QED) is 0.729. The molecule has 0 fully saturated rings. The molecule has 1 aromatic carbocycles. The van der Waals surface area contributed by atoms with Gasteiger partial charge in [0.2, 0.25) is 0 Å². The number of aliphatic hydroxyl groups excluding tert-OH is 1. The zero-order chi connectivity index (χ0) is 16.0. The number of carbonyl (C=O) groups excluding carboxylic acids is 1. The van der Waals surface area contributed by atoms with E-state index in [9.17, 15) is 9.90 Å². The molecule has 0 spiro atoms. The van der Waals surface area contributed by atoms with E-state index in [1.807, 2.05) is 39.8 Å². The van der Waals surface area contributed by atoms with Crippen LogP contribution in [0.1, 0.15) is 26.3 Å². The van der Waals surface area contributed by atoms with Gasteiger partial charge in [0.05, 0.1) is 12.0 Å². The first kappa shape index (κ1) is 17.6. The maximum Gasteiger partial charge on any atom is 0.412 e. The molecular weight excluding hydrogens is 292 g/mol. The second-order valence-corrected chi connectivity index (χ2v) is 6.15. The van der Waals surface area contributed by atoms with Crippen LogP contribution in [0.3, 0.4) is 0 Å². The Balaban J connectivity index is 2.64. The number of rotatable bonds is 5. The van der Waals surface area contributed by atoms with Gasteiger partial charge in [0, 0.05) is 17.9 Å². The first-order valence-corrected chi connectivity index (χ1v) is 7.33. The number of benzene rings is 1. The minimum Gasteiger partial charge on any atom is -0.444 e. The van der Waals surface area contributed by atoms with Gasteiger partial charge in [-0.2, -0.15) is 0 Å². The molecule has 0 aliphatic carbocycles. The molecular formula is C15H23ClN2O3. The Morgan fingerprint density at radius 2 is 2.10 bits per heavy atom. The lowest BCUT2D eigenvalue weighted by atomic mass is 10.1. The predicted octanol–water partition coefficient (Wildman–Crippen LogP) is 3.35. The average Bonchev–Trinajstić information content (AvgIpc) is 2.36. The molecule has 0 radical (unpaired) electrons. The molecule has 0 bridgehead atoms. The summed E-state index contributed by atoms with van der Waals surface area (Å²) >= 11 is 5.53. The molecule has 0 aliphatic rings. The number of hydrogen-bond acceptors (Lipinski definition) is 4. The summed E-state index contributed by atoms with van der Waals surface area (Å²) in [5.74, 6) is 0.185. The van der Waals surface area contributed by atoms with Gasteiger partial charge in [-0.15, -0.1) is 11.6 Å². The highest BCUT2D eigenvalue weighted by Gasteiger charge is 2.16. The molecule has 1 aromatic rings. The van der Waals surface area contributed by atoms with Crippen LogP contribution >= 0.6 is 11.6 Å². The van der Waals surface area contributed by atoms with Crippen molar-refractivity contribution in [2.75, 3.05) is 23.1 Å². The number of anilines is 2. The van der Waals surface area contributed by atoms with Crippen LogP contribution in [0.2, 0.25) is 0 Å². The number of hydrogen-bond donors (Lipinski definition) is 3. The number of carbonyl (C=O) groups is 1. The van der Waals surface area contributed by atoms with E-state index >= 15 is 0 Å². The van der Waals surface area contributed by atoms with Crippen molar-refractivity contribution in [3.05, 3.63) is 23.8 Å². The number of nitrogens with one attached hydrogen (secondary N) is 2. The van der Waals surface area contributed by atoms with Gasteiger partial charge in [-0.1, -0.05) is 0 Å². The summed E-state index contributed by atoms with van der Waals surface area (Å²) < 4.78 is 5.21. The van der Waals surface area contributed by atoms with Crippen LogP contribution in [-0.2, 0) is 4.74 Å². The monoisotopic (exact) mass is 314 g/mol. The summed E-state index contributed by atoms with van der Waals surface area (Å²) in [6, 6.07) is 5.49. The van der Waals surface area contributed by atoms with Gasteiger partial charge < -0.3 is 15.2 Å². The van der Waals surface area contributed by atoms with E-state index in [-0.39, 0.29) is 5.88 Å². The molecule has 1 amide bonds. The van der Waals surface area contributed by atoms with Crippen molar-refractivity contribution in [1.29, 1.82) is 0 Å². The Labute approximate surface area is 130 Å². The lowest BCUT2D eigenvalue weighted by Gasteiger charge is -2.20. The predicted molar refractivity (Wildman–Crippen MR) is 86.3 cm³/mol. The van der Waals surface area contributed by atoms with E-state index in [0.717, 1.165) is 11.3 Å². The van der Waals surface area contributed by atoms with E-state index in [1.54, 1.807) is 6.07 Å². The average molecular weight is 315 g/mol. The normalized spacial score (nSPS) is 12.7. The number of aliphatic hydroxyl groups is 1. The molecule has 1 unspecified atom stereocenters. The van der Waals surface area contributed by atoms with Gasteiger partial charge >= 0.3 is 6.09 Å². The molecule has 0 saturated carbocycles.